The van der Waals surface area contributed by atoms with Gasteiger partial charge in [0.25, 0.3) is 5.56 Å². The van der Waals surface area contributed by atoms with Gasteiger partial charge in [-0.3, -0.25) is 14.3 Å². The van der Waals surface area contributed by atoms with E-state index in [1.165, 1.54) is 30.5 Å². The van der Waals surface area contributed by atoms with Gasteiger partial charge >= 0.3 is 5.69 Å². The van der Waals surface area contributed by atoms with E-state index in [-0.39, 0.29) is 0 Å². The quantitative estimate of drug-likeness (QED) is 0.745. The molecule has 0 radical (unpaired) electrons. The molecule has 4 nitrogen and oxygen atoms in total. The maximum atomic E-state index is 12.9. The molecule has 15 heavy (non-hydrogen) atoms. The molecule has 0 bridgehead atoms. The molecule has 2 aromatic rings. The SMILES string of the molecule is O=c1ccn(-c2cccc(F)c2)c(=O)[nH]1. The Morgan fingerprint density at radius 3 is 2.67 bits per heavy atom. The Morgan fingerprint density at radius 2 is 2.00 bits per heavy atom. The lowest BCUT2D eigenvalue weighted by Gasteiger charge is -2.03. The molecule has 0 atom stereocenters. The molecule has 2 rings (SSSR count). The molecule has 0 amide bonds. The third kappa shape index (κ3) is 1.85. The fourth-order valence-electron chi connectivity index (χ4n) is 1.25. The summed E-state index contributed by atoms with van der Waals surface area (Å²) in [6.45, 7) is 0. The summed E-state index contributed by atoms with van der Waals surface area (Å²) in [5.41, 5.74) is -0.697. The minimum atomic E-state index is -0.590. The summed E-state index contributed by atoms with van der Waals surface area (Å²) in [6.07, 6.45) is 1.30. The minimum absolute atomic E-state index is 0.372. The third-order valence-electron chi connectivity index (χ3n) is 1.91. The third-order valence-corrected chi connectivity index (χ3v) is 1.91. The number of aromatic amines is 1. The molecule has 0 aliphatic rings. The van der Waals surface area contributed by atoms with Gasteiger partial charge in [-0.15, -0.1) is 0 Å². The molecule has 0 aliphatic heterocycles. The first-order chi connectivity index (χ1) is 7.16. The van der Waals surface area contributed by atoms with Crippen molar-refractivity contribution >= 4 is 0 Å². The molecular weight excluding hydrogens is 199 g/mol. The van der Waals surface area contributed by atoms with Gasteiger partial charge < -0.3 is 0 Å². The standard InChI is InChI=1S/C10H7FN2O2/c11-7-2-1-3-8(6-7)13-5-4-9(14)12-10(13)15/h1-6H,(H,12,14,15). The number of H-pyrrole nitrogens is 1. The van der Waals surface area contributed by atoms with Crippen molar-refractivity contribution in [3.05, 3.63) is 63.2 Å². The predicted octanol–water partition coefficient (Wildman–Crippen LogP) is 0.665. The Kier molecular flexibility index (Phi) is 2.21. The largest absolute Gasteiger partial charge is 0.332 e. The zero-order valence-corrected chi connectivity index (χ0v) is 7.61. The second kappa shape index (κ2) is 3.53. The molecule has 76 valence electrons. The molecule has 1 heterocycles. The van der Waals surface area contributed by atoms with Crippen molar-refractivity contribution in [3.8, 4) is 5.69 Å². The Labute approximate surface area is 83.6 Å². The van der Waals surface area contributed by atoms with Crippen molar-refractivity contribution in [1.29, 1.82) is 0 Å². The van der Waals surface area contributed by atoms with Gasteiger partial charge in [-0.1, -0.05) is 6.07 Å². The molecule has 0 saturated carbocycles. The van der Waals surface area contributed by atoms with E-state index in [1.54, 1.807) is 6.07 Å². The van der Waals surface area contributed by atoms with Crippen LogP contribution in [0.25, 0.3) is 5.69 Å². The number of nitrogens with one attached hydrogen (secondary N) is 1. The number of nitrogens with zero attached hydrogens (tertiary/aromatic N) is 1. The molecule has 1 N–H and O–H groups in total. The van der Waals surface area contributed by atoms with Crippen molar-refractivity contribution in [3.63, 3.8) is 0 Å². The fraction of sp³-hybridized carbons (Fsp3) is 0. The van der Waals surface area contributed by atoms with Crippen LogP contribution in [0.5, 0.6) is 0 Å². The van der Waals surface area contributed by atoms with E-state index < -0.39 is 17.1 Å². The lowest BCUT2D eigenvalue weighted by molar-refractivity contribution is 0.626. The van der Waals surface area contributed by atoms with E-state index in [0.29, 0.717) is 5.69 Å². The zero-order chi connectivity index (χ0) is 10.8. The maximum absolute atomic E-state index is 12.9. The summed E-state index contributed by atoms with van der Waals surface area (Å²) in [6, 6.07) is 6.75. The van der Waals surface area contributed by atoms with E-state index in [0.717, 1.165) is 4.57 Å². The second-order valence-electron chi connectivity index (χ2n) is 2.96. The average molecular weight is 206 g/mol. The van der Waals surface area contributed by atoms with Crippen LogP contribution in [0.2, 0.25) is 0 Å². The van der Waals surface area contributed by atoms with Crippen LogP contribution < -0.4 is 11.2 Å². The Hall–Kier alpha value is -2.17. The van der Waals surface area contributed by atoms with E-state index in [1.807, 2.05) is 0 Å². The van der Waals surface area contributed by atoms with Crippen LogP contribution in [0, 0.1) is 5.82 Å². The summed E-state index contributed by atoms with van der Waals surface area (Å²) in [5, 5.41) is 0. The normalized spacial score (nSPS) is 10.2. The van der Waals surface area contributed by atoms with Gasteiger partial charge in [0.1, 0.15) is 5.82 Å². The summed E-state index contributed by atoms with van der Waals surface area (Å²) < 4.78 is 14.0. The number of hydrogen-bond acceptors (Lipinski definition) is 2. The lowest BCUT2D eigenvalue weighted by Crippen LogP contribution is -2.27. The van der Waals surface area contributed by atoms with E-state index in [9.17, 15) is 14.0 Å². The van der Waals surface area contributed by atoms with Crippen molar-refractivity contribution in [2.45, 2.75) is 0 Å². The molecular formula is C10H7FN2O2. The highest BCUT2D eigenvalue weighted by atomic mass is 19.1. The lowest BCUT2D eigenvalue weighted by atomic mass is 10.3. The van der Waals surface area contributed by atoms with Gasteiger partial charge in [0.2, 0.25) is 0 Å². The molecule has 0 unspecified atom stereocenters. The molecule has 0 aliphatic carbocycles. The Balaban J connectivity index is 2.64. The molecule has 5 heteroatoms. The summed E-state index contributed by atoms with van der Waals surface area (Å²) in [7, 11) is 0. The van der Waals surface area contributed by atoms with Crippen molar-refractivity contribution < 1.29 is 4.39 Å². The smallest absolute Gasteiger partial charge is 0.274 e. The Morgan fingerprint density at radius 1 is 1.20 bits per heavy atom. The van der Waals surface area contributed by atoms with Crippen LogP contribution in [0.1, 0.15) is 0 Å². The van der Waals surface area contributed by atoms with Gasteiger partial charge in [-0.05, 0) is 18.2 Å². The van der Waals surface area contributed by atoms with Crippen molar-refractivity contribution in [2.75, 3.05) is 0 Å². The number of hydrogen-bond donors (Lipinski definition) is 1. The number of benzene rings is 1. The van der Waals surface area contributed by atoms with Crippen LogP contribution in [-0.4, -0.2) is 9.55 Å². The van der Waals surface area contributed by atoms with Gasteiger partial charge in [0, 0.05) is 12.3 Å². The van der Waals surface area contributed by atoms with Gasteiger partial charge in [0.05, 0.1) is 5.69 Å². The first kappa shape index (κ1) is 9.39. The van der Waals surface area contributed by atoms with Crippen LogP contribution in [0.15, 0.2) is 46.1 Å². The van der Waals surface area contributed by atoms with Crippen LogP contribution >= 0.6 is 0 Å². The topological polar surface area (TPSA) is 54.9 Å². The molecule has 1 aromatic carbocycles. The number of rotatable bonds is 1. The van der Waals surface area contributed by atoms with E-state index in [2.05, 4.69) is 4.98 Å². The molecule has 0 spiro atoms. The first-order valence-corrected chi connectivity index (χ1v) is 4.25. The van der Waals surface area contributed by atoms with Gasteiger partial charge in [-0.25, -0.2) is 9.18 Å². The zero-order valence-electron chi connectivity index (χ0n) is 7.61. The van der Waals surface area contributed by atoms with E-state index in [4.69, 9.17) is 0 Å². The summed E-state index contributed by atoms with van der Waals surface area (Å²) in [5.74, 6) is -0.439. The molecule has 0 saturated heterocycles. The first-order valence-electron chi connectivity index (χ1n) is 4.25. The summed E-state index contributed by atoms with van der Waals surface area (Å²) in [4.78, 5) is 24.2. The number of halogens is 1. The Bertz CT molecular complexity index is 601. The fourth-order valence-corrected chi connectivity index (χ4v) is 1.25. The van der Waals surface area contributed by atoms with Crippen LogP contribution in [0.3, 0.4) is 0 Å². The van der Waals surface area contributed by atoms with Crippen molar-refractivity contribution in [2.24, 2.45) is 0 Å². The average Bonchev–Trinajstić information content (AvgIpc) is 2.17. The molecule has 0 fully saturated rings. The monoisotopic (exact) mass is 206 g/mol. The highest BCUT2D eigenvalue weighted by Gasteiger charge is 2.00. The number of aromatic nitrogens is 2. The van der Waals surface area contributed by atoms with E-state index >= 15 is 0 Å². The summed E-state index contributed by atoms with van der Waals surface area (Å²) >= 11 is 0. The van der Waals surface area contributed by atoms with Crippen LogP contribution in [-0.2, 0) is 0 Å². The van der Waals surface area contributed by atoms with Crippen molar-refractivity contribution in [1.82, 2.24) is 9.55 Å². The maximum Gasteiger partial charge on any atom is 0.332 e. The van der Waals surface area contributed by atoms with Crippen LogP contribution in [0.4, 0.5) is 4.39 Å². The molecule has 1 aromatic heterocycles. The van der Waals surface area contributed by atoms with Gasteiger partial charge in [-0.2, -0.15) is 0 Å². The minimum Gasteiger partial charge on any atom is -0.274 e. The van der Waals surface area contributed by atoms with Gasteiger partial charge in [0.15, 0.2) is 0 Å². The highest BCUT2D eigenvalue weighted by molar-refractivity contribution is 5.31. The predicted molar refractivity (Wildman–Crippen MR) is 52.6 cm³/mol. The second-order valence-corrected chi connectivity index (χ2v) is 2.96. The highest BCUT2D eigenvalue weighted by Crippen LogP contribution is 2.05.